The Balaban J connectivity index is 1.99. The summed E-state index contributed by atoms with van der Waals surface area (Å²) in [5.74, 6) is -0.687. The van der Waals surface area contributed by atoms with E-state index in [-0.39, 0.29) is 11.5 Å². The quantitative estimate of drug-likeness (QED) is 0.890. The number of halogens is 1. The van der Waals surface area contributed by atoms with Crippen molar-refractivity contribution in [2.45, 2.75) is 19.8 Å². The van der Waals surface area contributed by atoms with Gasteiger partial charge in [-0.2, -0.15) is 0 Å². The fourth-order valence-corrected chi connectivity index (χ4v) is 1.81. The van der Waals surface area contributed by atoms with Crippen LogP contribution in [0.2, 0.25) is 0 Å². The second kappa shape index (κ2) is 7.31. The minimum absolute atomic E-state index is 0.0825. The van der Waals surface area contributed by atoms with Gasteiger partial charge in [-0.05, 0) is 36.8 Å². The highest BCUT2D eigenvalue weighted by molar-refractivity contribution is 6.03. The summed E-state index contributed by atoms with van der Waals surface area (Å²) < 4.78 is 13.1. The lowest BCUT2D eigenvalue weighted by molar-refractivity contribution is -0.116. The summed E-state index contributed by atoms with van der Waals surface area (Å²) in [5, 5.41) is 5.26. The van der Waals surface area contributed by atoms with Crippen molar-refractivity contribution in [3.05, 3.63) is 54.0 Å². The smallest absolute Gasteiger partial charge is 0.256 e. The molecule has 0 aliphatic carbocycles. The van der Waals surface area contributed by atoms with Crippen molar-refractivity contribution in [1.29, 1.82) is 0 Å². The third-order valence-electron chi connectivity index (χ3n) is 2.85. The maximum atomic E-state index is 13.1. The number of benzene rings is 1. The number of anilines is 2. The molecule has 0 saturated heterocycles. The van der Waals surface area contributed by atoms with Crippen molar-refractivity contribution < 1.29 is 14.0 Å². The Labute approximate surface area is 127 Å². The minimum Gasteiger partial charge on any atom is -0.325 e. The number of aromatic nitrogens is 1. The van der Waals surface area contributed by atoms with E-state index >= 15 is 0 Å². The van der Waals surface area contributed by atoms with Gasteiger partial charge >= 0.3 is 0 Å². The van der Waals surface area contributed by atoms with Gasteiger partial charge in [-0.1, -0.05) is 13.0 Å². The van der Waals surface area contributed by atoms with Crippen LogP contribution in [-0.4, -0.2) is 16.8 Å². The Morgan fingerprint density at radius 1 is 1.18 bits per heavy atom. The molecule has 22 heavy (non-hydrogen) atoms. The van der Waals surface area contributed by atoms with Crippen molar-refractivity contribution in [3.8, 4) is 0 Å². The highest BCUT2D eigenvalue weighted by atomic mass is 19.1. The molecular weight excluding hydrogens is 285 g/mol. The summed E-state index contributed by atoms with van der Waals surface area (Å²) in [6.45, 7) is 1.92. The molecule has 0 radical (unpaired) electrons. The van der Waals surface area contributed by atoms with E-state index < -0.39 is 11.7 Å². The van der Waals surface area contributed by atoms with Gasteiger partial charge in [-0.25, -0.2) is 9.37 Å². The largest absolute Gasteiger partial charge is 0.325 e. The summed E-state index contributed by atoms with van der Waals surface area (Å²) in [6, 6.07) is 8.60. The standard InChI is InChI=1S/C16H16FN3O2/c1-2-4-15(21)19-13-7-8-14(18-10-13)20-16(22)11-5-3-6-12(17)9-11/h3,5-10H,2,4H2,1H3,(H,19,21)(H,18,20,22). The normalized spacial score (nSPS) is 10.1. The first-order valence-electron chi connectivity index (χ1n) is 6.91. The van der Waals surface area contributed by atoms with Crippen LogP contribution in [0.15, 0.2) is 42.6 Å². The topological polar surface area (TPSA) is 71.1 Å². The van der Waals surface area contributed by atoms with Gasteiger partial charge in [-0.15, -0.1) is 0 Å². The lowest BCUT2D eigenvalue weighted by atomic mass is 10.2. The number of amides is 2. The average molecular weight is 301 g/mol. The van der Waals surface area contributed by atoms with E-state index in [9.17, 15) is 14.0 Å². The summed E-state index contributed by atoms with van der Waals surface area (Å²) in [5.41, 5.74) is 0.768. The molecule has 6 heteroatoms. The molecule has 0 saturated carbocycles. The van der Waals surface area contributed by atoms with Crippen LogP contribution in [0.4, 0.5) is 15.9 Å². The predicted molar refractivity (Wildman–Crippen MR) is 82.1 cm³/mol. The Hall–Kier alpha value is -2.76. The maximum absolute atomic E-state index is 13.1. The fraction of sp³-hybridized carbons (Fsp3) is 0.188. The number of nitrogens with one attached hydrogen (secondary N) is 2. The van der Waals surface area contributed by atoms with E-state index in [0.29, 0.717) is 17.9 Å². The molecule has 114 valence electrons. The van der Waals surface area contributed by atoms with Gasteiger partial charge in [0.25, 0.3) is 5.91 Å². The molecular formula is C16H16FN3O2. The van der Waals surface area contributed by atoms with Crippen LogP contribution in [0, 0.1) is 5.82 Å². The molecule has 2 aromatic rings. The minimum atomic E-state index is -0.477. The van der Waals surface area contributed by atoms with Gasteiger partial charge in [-0.3, -0.25) is 9.59 Å². The number of nitrogens with zero attached hydrogens (tertiary/aromatic N) is 1. The van der Waals surface area contributed by atoms with Gasteiger partial charge in [0.1, 0.15) is 11.6 Å². The van der Waals surface area contributed by atoms with Gasteiger partial charge in [0.2, 0.25) is 5.91 Å². The number of carbonyl (C=O) groups is 2. The average Bonchev–Trinajstić information content (AvgIpc) is 2.49. The molecule has 0 atom stereocenters. The summed E-state index contributed by atoms with van der Waals surface area (Å²) in [4.78, 5) is 27.4. The van der Waals surface area contributed by atoms with Crippen molar-refractivity contribution >= 4 is 23.3 Å². The number of rotatable bonds is 5. The van der Waals surface area contributed by atoms with E-state index in [1.807, 2.05) is 6.92 Å². The molecule has 2 amide bonds. The van der Waals surface area contributed by atoms with Crippen molar-refractivity contribution in [2.24, 2.45) is 0 Å². The van der Waals surface area contributed by atoms with E-state index in [4.69, 9.17) is 0 Å². The van der Waals surface area contributed by atoms with Crippen LogP contribution in [0.3, 0.4) is 0 Å². The maximum Gasteiger partial charge on any atom is 0.256 e. The molecule has 0 bridgehead atoms. The summed E-state index contributed by atoms with van der Waals surface area (Å²) in [7, 11) is 0. The summed E-state index contributed by atoms with van der Waals surface area (Å²) in [6.07, 6.45) is 2.66. The monoisotopic (exact) mass is 301 g/mol. The lowest BCUT2D eigenvalue weighted by Gasteiger charge is -2.07. The molecule has 0 fully saturated rings. The molecule has 1 aromatic carbocycles. The molecule has 5 nitrogen and oxygen atoms in total. The van der Waals surface area contributed by atoms with E-state index in [1.165, 1.54) is 24.4 Å². The zero-order valence-corrected chi connectivity index (χ0v) is 12.1. The number of hydrogen-bond donors (Lipinski definition) is 2. The van der Waals surface area contributed by atoms with Gasteiger partial charge in [0.05, 0.1) is 11.9 Å². The molecule has 1 heterocycles. The van der Waals surface area contributed by atoms with Crippen LogP contribution in [-0.2, 0) is 4.79 Å². The zero-order valence-electron chi connectivity index (χ0n) is 12.1. The molecule has 0 unspecified atom stereocenters. The molecule has 2 rings (SSSR count). The zero-order chi connectivity index (χ0) is 15.9. The Bertz CT molecular complexity index is 671. The first-order chi connectivity index (χ1) is 10.6. The molecule has 0 aliphatic heterocycles. The molecule has 0 spiro atoms. The second-order valence-corrected chi connectivity index (χ2v) is 4.69. The Morgan fingerprint density at radius 2 is 2.00 bits per heavy atom. The van der Waals surface area contributed by atoms with E-state index in [2.05, 4.69) is 15.6 Å². The van der Waals surface area contributed by atoms with Gasteiger partial charge in [0, 0.05) is 12.0 Å². The van der Waals surface area contributed by atoms with E-state index in [1.54, 1.807) is 12.1 Å². The van der Waals surface area contributed by atoms with Crippen molar-refractivity contribution in [1.82, 2.24) is 4.98 Å². The first kappa shape index (κ1) is 15.6. The van der Waals surface area contributed by atoms with E-state index in [0.717, 1.165) is 12.5 Å². The van der Waals surface area contributed by atoms with Crippen molar-refractivity contribution in [3.63, 3.8) is 0 Å². The van der Waals surface area contributed by atoms with Crippen LogP contribution < -0.4 is 10.6 Å². The number of pyridine rings is 1. The first-order valence-corrected chi connectivity index (χ1v) is 6.91. The van der Waals surface area contributed by atoms with Crippen LogP contribution >= 0.6 is 0 Å². The number of hydrogen-bond acceptors (Lipinski definition) is 3. The highest BCUT2D eigenvalue weighted by Crippen LogP contribution is 2.12. The Kier molecular flexibility index (Phi) is 5.19. The van der Waals surface area contributed by atoms with Crippen molar-refractivity contribution in [2.75, 3.05) is 10.6 Å². The van der Waals surface area contributed by atoms with Crippen LogP contribution in [0.25, 0.3) is 0 Å². The number of carbonyl (C=O) groups excluding carboxylic acids is 2. The van der Waals surface area contributed by atoms with Crippen LogP contribution in [0.5, 0.6) is 0 Å². The predicted octanol–water partition coefficient (Wildman–Crippen LogP) is 3.21. The highest BCUT2D eigenvalue weighted by Gasteiger charge is 2.08. The third-order valence-corrected chi connectivity index (χ3v) is 2.85. The van der Waals surface area contributed by atoms with Gasteiger partial charge < -0.3 is 10.6 Å². The van der Waals surface area contributed by atoms with Crippen LogP contribution in [0.1, 0.15) is 30.1 Å². The van der Waals surface area contributed by atoms with Gasteiger partial charge in [0.15, 0.2) is 0 Å². The molecule has 0 aliphatic rings. The SMILES string of the molecule is CCCC(=O)Nc1ccc(NC(=O)c2cccc(F)c2)nc1. The molecule has 1 aromatic heterocycles. The Morgan fingerprint density at radius 3 is 2.64 bits per heavy atom. The summed E-state index contributed by atoms with van der Waals surface area (Å²) >= 11 is 0. The third kappa shape index (κ3) is 4.37. The molecule has 2 N–H and O–H groups in total. The second-order valence-electron chi connectivity index (χ2n) is 4.69. The fourth-order valence-electron chi connectivity index (χ4n) is 1.81. The lowest BCUT2D eigenvalue weighted by Crippen LogP contribution is -2.14.